The van der Waals surface area contributed by atoms with Gasteiger partial charge >= 0.3 is 0 Å². The predicted molar refractivity (Wildman–Crippen MR) is 99.4 cm³/mol. The lowest BCUT2D eigenvalue weighted by atomic mass is 9.99. The van der Waals surface area contributed by atoms with Crippen LogP contribution >= 0.6 is 12.2 Å². The number of thiocarbonyl (C=S) groups is 1. The number of piperazine rings is 1. The molecule has 1 saturated heterocycles. The van der Waals surface area contributed by atoms with E-state index < -0.39 is 10.0 Å². The molecule has 1 aromatic carbocycles. The fourth-order valence-electron chi connectivity index (χ4n) is 2.56. The summed E-state index contributed by atoms with van der Waals surface area (Å²) in [6.07, 6.45) is 2.37. The van der Waals surface area contributed by atoms with Gasteiger partial charge in [0, 0.05) is 31.9 Å². The van der Waals surface area contributed by atoms with Gasteiger partial charge in [0.05, 0.1) is 6.26 Å². The first kappa shape index (κ1) is 18.2. The topological polar surface area (TPSA) is 52.6 Å². The van der Waals surface area contributed by atoms with Crippen LogP contribution in [0.1, 0.15) is 31.7 Å². The van der Waals surface area contributed by atoms with Crippen molar-refractivity contribution in [3.8, 4) is 0 Å². The van der Waals surface area contributed by atoms with Gasteiger partial charge in [-0.25, -0.2) is 8.42 Å². The molecule has 5 nitrogen and oxygen atoms in total. The molecular formula is C16H25N3O2S2. The smallest absolute Gasteiger partial charge is 0.211 e. The third-order valence-corrected chi connectivity index (χ3v) is 6.00. The summed E-state index contributed by atoms with van der Waals surface area (Å²) in [6.45, 7) is 6.59. The SMILES string of the molecule is CC[C@@H](C)c1ccc(NC(=S)N2CCN(S(C)(=O)=O)CC2)cc1. The molecule has 23 heavy (non-hydrogen) atoms. The van der Waals surface area contributed by atoms with E-state index in [2.05, 4.69) is 31.3 Å². The largest absolute Gasteiger partial charge is 0.346 e. The van der Waals surface area contributed by atoms with E-state index in [1.54, 1.807) is 0 Å². The zero-order valence-electron chi connectivity index (χ0n) is 13.9. The summed E-state index contributed by atoms with van der Waals surface area (Å²) in [4.78, 5) is 2.01. The third-order valence-electron chi connectivity index (χ3n) is 4.34. The molecule has 0 aliphatic carbocycles. The molecule has 0 spiro atoms. The highest BCUT2D eigenvalue weighted by Gasteiger charge is 2.24. The van der Waals surface area contributed by atoms with E-state index in [-0.39, 0.29) is 0 Å². The van der Waals surface area contributed by atoms with Crippen LogP contribution in [0.3, 0.4) is 0 Å². The molecule has 0 unspecified atom stereocenters. The molecule has 2 rings (SSSR count). The Balaban J connectivity index is 1.90. The Kier molecular flexibility index (Phi) is 6.00. The molecule has 7 heteroatoms. The maximum atomic E-state index is 11.5. The molecule has 0 aromatic heterocycles. The van der Waals surface area contributed by atoms with Gasteiger partial charge in [-0.15, -0.1) is 0 Å². The van der Waals surface area contributed by atoms with E-state index >= 15 is 0 Å². The Morgan fingerprint density at radius 1 is 1.22 bits per heavy atom. The highest BCUT2D eigenvalue weighted by Crippen LogP contribution is 2.20. The molecule has 0 bridgehead atoms. The molecule has 0 amide bonds. The van der Waals surface area contributed by atoms with Crippen LogP contribution in [-0.4, -0.2) is 55.2 Å². The Morgan fingerprint density at radius 3 is 2.26 bits per heavy atom. The molecule has 128 valence electrons. The Labute approximate surface area is 144 Å². The van der Waals surface area contributed by atoms with E-state index in [1.165, 1.54) is 16.1 Å². The van der Waals surface area contributed by atoms with Crippen molar-refractivity contribution < 1.29 is 8.42 Å². The fraction of sp³-hybridized carbons (Fsp3) is 0.562. The molecule has 1 N–H and O–H groups in total. The van der Waals surface area contributed by atoms with Gasteiger partial charge in [-0.3, -0.25) is 0 Å². The maximum Gasteiger partial charge on any atom is 0.211 e. The van der Waals surface area contributed by atoms with Crippen molar-refractivity contribution in [2.24, 2.45) is 0 Å². The molecule has 1 aliphatic heterocycles. The second-order valence-corrected chi connectivity index (χ2v) is 8.38. The average molecular weight is 356 g/mol. The molecule has 1 heterocycles. The summed E-state index contributed by atoms with van der Waals surface area (Å²) in [6, 6.07) is 8.34. The van der Waals surface area contributed by atoms with Crippen molar-refractivity contribution >= 4 is 33.0 Å². The predicted octanol–water partition coefficient (Wildman–Crippen LogP) is 2.47. The Bertz CT molecular complexity index is 636. The number of benzene rings is 1. The van der Waals surface area contributed by atoms with E-state index in [0.717, 1.165) is 12.1 Å². The van der Waals surface area contributed by atoms with E-state index in [1.807, 2.05) is 17.0 Å². The number of rotatable bonds is 4. The van der Waals surface area contributed by atoms with Crippen LogP contribution in [0.25, 0.3) is 0 Å². The van der Waals surface area contributed by atoms with Crippen molar-refractivity contribution in [3.63, 3.8) is 0 Å². The van der Waals surface area contributed by atoms with Crippen LogP contribution in [0.2, 0.25) is 0 Å². The average Bonchev–Trinajstić information content (AvgIpc) is 2.54. The van der Waals surface area contributed by atoms with Crippen molar-refractivity contribution in [2.75, 3.05) is 37.8 Å². The monoisotopic (exact) mass is 355 g/mol. The Morgan fingerprint density at radius 2 is 1.78 bits per heavy atom. The van der Waals surface area contributed by atoms with Crippen LogP contribution in [0, 0.1) is 0 Å². The molecule has 0 saturated carbocycles. The molecular weight excluding hydrogens is 330 g/mol. The number of nitrogens with zero attached hydrogens (tertiary/aromatic N) is 2. The van der Waals surface area contributed by atoms with Gasteiger partial charge in [0.15, 0.2) is 5.11 Å². The number of sulfonamides is 1. The number of nitrogens with one attached hydrogen (secondary N) is 1. The number of anilines is 1. The van der Waals surface area contributed by atoms with Crippen molar-refractivity contribution in [1.82, 2.24) is 9.21 Å². The normalized spacial score (nSPS) is 17.8. The van der Waals surface area contributed by atoms with Gasteiger partial charge in [0.25, 0.3) is 0 Å². The van der Waals surface area contributed by atoms with Crippen molar-refractivity contribution in [3.05, 3.63) is 29.8 Å². The minimum atomic E-state index is -3.11. The van der Waals surface area contributed by atoms with Crippen LogP contribution in [-0.2, 0) is 10.0 Å². The lowest BCUT2D eigenvalue weighted by Crippen LogP contribution is -2.51. The summed E-state index contributed by atoms with van der Waals surface area (Å²) in [7, 11) is -3.11. The highest BCUT2D eigenvalue weighted by molar-refractivity contribution is 7.88. The van der Waals surface area contributed by atoms with E-state index in [9.17, 15) is 8.42 Å². The minimum Gasteiger partial charge on any atom is -0.346 e. The molecule has 0 radical (unpaired) electrons. The minimum absolute atomic E-state index is 0.480. The van der Waals surface area contributed by atoms with Crippen LogP contribution in [0.4, 0.5) is 5.69 Å². The molecule has 1 aromatic rings. The number of hydrogen-bond acceptors (Lipinski definition) is 3. The van der Waals surface area contributed by atoms with Gasteiger partial charge in [-0.05, 0) is 42.3 Å². The second kappa shape index (κ2) is 7.59. The molecule has 1 atom stereocenters. The first-order valence-electron chi connectivity index (χ1n) is 7.92. The van der Waals surface area contributed by atoms with Gasteiger partial charge in [-0.2, -0.15) is 4.31 Å². The highest BCUT2D eigenvalue weighted by atomic mass is 32.2. The number of hydrogen-bond donors (Lipinski definition) is 1. The first-order chi connectivity index (χ1) is 10.8. The third kappa shape index (κ3) is 4.89. The second-order valence-electron chi connectivity index (χ2n) is 6.01. The van der Waals surface area contributed by atoms with Crippen LogP contribution in [0.15, 0.2) is 24.3 Å². The summed E-state index contributed by atoms with van der Waals surface area (Å²) in [5, 5.41) is 3.89. The quantitative estimate of drug-likeness (QED) is 0.841. The van der Waals surface area contributed by atoms with Gasteiger partial charge in [0.2, 0.25) is 10.0 Å². The molecule has 1 fully saturated rings. The summed E-state index contributed by atoms with van der Waals surface area (Å²) in [5.74, 6) is 0.556. The standard InChI is InChI=1S/C16H25N3O2S2/c1-4-13(2)14-5-7-15(8-6-14)17-16(22)18-9-11-19(12-10-18)23(3,20)21/h5-8,13H,4,9-12H2,1-3H3,(H,17,22)/t13-/m1/s1. The zero-order chi connectivity index (χ0) is 17.0. The van der Waals surface area contributed by atoms with Gasteiger partial charge in [-0.1, -0.05) is 26.0 Å². The lowest BCUT2D eigenvalue weighted by molar-refractivity contribution is 0.270. The van der Waals surface area contributed by atoms with E-state index in [0.29, 0.717) is 37.2 Å². The summed E-state index contributed by atoms with van der Waals surface area (Å²) in [5.41, 5.74) is 2.29. The maximum absolute atomic E-state index is 11.5. The van der Waals surface area contributed by atoms with Gasteiger partial charge in [0.1, 0.15) is 0 Å². The van der Waals surface area contributed by atoms with Crippen LogP contribution < -0.4 is 5.32 Å². The molecule has 1 aliphatic rings. The van der Waals surface area contributed by atoms with Crippen molar-refractivity contribution in [2.45, 2.75) is 26.2 Å². The van der Waals surface area contributed by atoms with Crippen LogP contribution in [0.5, 0.6) is 0 Å². The summed E-state index contributed by atoms with van der Waals surface area (Å²) < 4.78 is 24.5. The summed E-state index contributed by atoms with van der Waals surface area (Å²) >= 11 is 5.44. The van der Waals surface area contributed by atoms with Gasteiger partial charge < -0.3 is 10.2 Å². The van der Waals surface area contributed by atoms with E-state index in [4.69, 9.17) is 12.2 Å². The van der Waals surface area contributed by atoms with Crippen molar-refractivity contribution in [1.29, 1.82) is 0 Å². The Hall–Kier alpha value is -1.18. The first-order valence-corrected chi connectivity index (χ1v) is 10.2. The lowest BCUT2D eigenvalue weighted by Gasteiger charge is -2.34. The zero-order valence-corrected chi connectivity index (χ0v) is 15.6. The fourth-order valence-corrected chi connectivity index (χ4v) is 3.68.